The molecular formula is C9H9NO5S2. The van der Waals surface area contributed by atoms with Crippen molar-refractivity contribution < 1.29 is 18.1 Å². The van der Waals surface area contributed by atoms with Crippen LogP contribution in [0.4, 0.5) is 5.00 Å². The van der Waals surface area contributed by atoms with E-state index in [9.17, 15) is 23.3 Å². The maximum atomic E-state index is 11.9. The van der Waals surface area contributed by atoms with Gasteiger partial charge in [0.1, 0.15) is 0 Å². The lowest BCUT2D eigenvalue weighted by Crippen LogP contribution is -2.14. The predicted molar refractivity (Wildman–Crippen MR) is 62.1 cm³/mol. The van der Waals surface area contributed by atoms with Crippen molar-refractivity contribution >= 4 is 32.0 Å². The number of carbonyl (C=O) groups is 1. The summed E-state index contributed by atoms with van der Waals surface area (Å²) in [6.45, 7) is 0. The van der Waals surface area contributed by atoms with Gasteiger partial charge in [-0.1, -0.05) is 11.3 Å². The van der Waals surface area contributed by atoms with E-state index >= 15 is 0 Å². The maximum Gasteiger partial charge on any atom is 0.324 e. The maximum absolute atomic E-state index is 11.9. The lowest BCUT2D eigenvalue weighted by Gasteiger charge is -2.02. The molecule has 1 aliphatic rings. The second-order valence-corrected chi connectivity index (χ2v) is 7.15. The van der Waals surface area contributed by atoms with Crippen molar-refractivity contribution in [3.63, 3.8) is 0 Å². The zero-order chi connectivity index (χ0) is 12.6. The van der Waals surface area contributed by atoms with Gasteiger partial charge < -0.3 is 0 Å². The number of hydrogen-bond donors (Lipinski definition) is 0. The van der Waals surface area contributed by atoms with Crippen molar-refractivity contribution in [2.75, 3.05) is 11.5 Å². The number of hydrogen-bond acceptors (Lipinski definition) is 6. The Kier molecular flexibility index (Phi) is 3.00. The van der Waals surface area contributed by atoms with E-state index in [1.807, 2.05) is 0 Å². The van der Waals surface area contributed by atoms with E-state index in [1.54, 1.807) is 0 Å². The van der Waals surface area contributed by atoms with Crippen molar-refractivity contribution in [2.24, 2.45) is 5.92 Å². The molecule has 1 aromatic rings. The molecule has 1 atom stereocenters. The molecule has 0 aromatic carbocycles. The summed E-state index contributed by atoms with van der Waals surface area (Å²) >= 11 is 0.793. The van der Waals surface area contributed by atoms with Crippen LogP contribution in [0.3, 0.4) is 0 Å². The monoisotopic (exact) mass is 275 g/mol. The third-order valence-electron chi connectivity index (χ3n) is 2.62. The summed E-state index contributed by atoms with van der Waals surface area (Å²) < 4.78 is 22.5. The minimum atomic E-state index is -3.11. The van der Waals surface area contributed by atoms with Gasteiger partial charge in [0.2, 0.25) is 0 Å². The van der Waals surface area contributed by atoms with Crippen molar-refractivity contribution in [3.8, 4) is 0 Å². The Balaban J connectivity index is 2.18. The highest BCUT2D eigenvalue weighted by atomic mass is 32.2. The molecule has 0 spiro atoms. The van der Waals surface area contributed by atoms with Crippen LogP contribution in [0.15, 0.2) is 12.1 Å². The van der Waals surface area contributed by atoms with Gasteiger partial charge in [0.15, 0.2) is 15.6 Å². The van der Waals surface area contributed by atoms with Gasteiger partial charge in [-0.25, -0.2) is 8.42 Å². The minimum Gasteiger partial charge on any atom is -0.293 e. The van der Waals surface area contributed by atoms with Gasteiger partial charge in [0.25, 0.3) is 0 Å². The molecular weight excluding hydrogens is 266 g/mol. The van der Waals surface area contributed by atoms with Crippen LogP contribution in [0, 0.1) is 16.0 Å². The van der Waals surface area contributed by atoms with Crippen molar-refractivity contribution in [3.05, 3.63) is 27.1 Å². The second kappa shape index (κ2) is 4.19. The second-order valence-electron chi connectivity index (χ2n) is 3.86. The molecule has 0 aliphatic carbocycles. The molecule has 0 N–H and O–H groups in total. The third kappa shape index (κ3) is 2.52. The highest BCUT2D eigenvalue weighted by Crippen LogP contribution is 2.29. The molecule has 8 heteroatoms. The molecule has 0 amide bonds. The SMILES string of the molecule is O=C(c1ccc([N+](=O)[O-])s1)C1CCS(=O)(=O)C1. The van der Waals surface area contributed by atoms with Crippen molar-refractivity contribution in [2.45, 2.75) is 6.42 Å². The lowest BCUT2D eigenvalue weighted by molar-refractivity contribution is -0.380. The first-order valence-electron chi connectivity index (χ1n) is 4.88. The first kappa shape index (κ1) is 12.2. The number of thiophene rings is 1. The highest BCUT2D eigenvalue weighted by molar-refractivity contribution is 7.91. The molecule has 1 aromatic heterocycles. The summed E-state index contributed by atoms with van der Waals surface area (Å²) in [4.78, 5) is 22.1. The van der Waals surface area contributed by atoms with Crippen molar-refractivity contribution in [1.29, 1.82) is 0 Å². The Bertz CT molecular complexity index is 574. The van der Waals surface area contributed by atoms with Crippen LogP contribution >= 0.6 is 11.3 Å². The van der Waals surface area contributed by atoms with Gasteiger partial charge in [0, 0.05) is 12.0 Å². The zero-order valence-corrected chi connectivity index (χ0v) is 10.3. The molecule has 1 saturated heterocycles. The summed E-state index contributed by atoms with van der Waals surface area (Å²) in [7, 11) is -3.11. The average molecular weight is 275 g/mol. The molecule has 2 heterocycles. The molecule has 1 unspecified atom stereocenters. The van der Waals surface area contributed by atoms with Crippen LogP contribution in [0.2, 0.25) is 0 Å². The highest BCUT2D eigenvalue weighted by Gasteiger charge is 2.34. The van der Waals surface area contributed by atoms with Gasteiger partial charge in [-0.05, 0) is 12.5 Å². The number of carbonyl (C=O) groups excluding carboxylic acids is 1. The molecule has 17 heavy (non-hydrogen) atoms. The third-order valence-corrected chi connectivity index (χ3v) is 5.44. The van der Waals surface area contributed by atoms with Gasteiger partial charge in [-0.15, -0.1) is 0 Å². The van der Waals surface area contributed by atoms with E-state index < -0.39 is 20.7 Å². The molecule has 1 fully saturated rings. The lowest BCUT2D eigenvalue weighted by atomic mass is 10.0. The summed E-state index contributed by atoms with van der Waals surface area (Å²) in [5, 5.41) is 10.4. The Hall–Kier alpha value is -1.28. The van der Waals surface area contributed by atoms with Crippen LogP contribution < -0.4 is 0 Å². The number of rotatable bonds is 3. The molecule has 0 bridgehead atoms. The van der Waals surface area contributed by atoms with E-state index in [-0.39, 0.29) is 27.2 Å². The normalized spacial score (nSPS) is 22.5. The van der Waals surface area contributed by atoms with E-state index in [2.05, 4.69) is 0 Å². The van der Waals surface area contributed by atoms with Crippen LogP contribution in [-0.2, 0) is 9.84 Å². The van der Waals surface area contributed by atoms with E-state index in [0.717, 1.165) is 11.3 Å². The van der Waals surface area contributed by atoms with Gasteiger partial charge in [-0.3, -0.25) is 14.9 Å². The standard InChI is InChI=1S/C9H9NO5S2/c11-9(6-3-4-17(14,15)5-6)7-1-2-8(16-7)10(12)13/h1-2,6H,3-5H2. The van der Waals surface area contributed by atoms with Crippen LogP contribution in [0.5, 0.6) is 0 Å². The largest absolute Gasteiger partial charge is 0.324 e. The fourth-order valence-electron chi connectivity index (χ4n) is 1.76. The number of nitrogens with zero attached hydrogens (tertiary/aromatic N) is 1. The van der Waals surface area contributed by atoms with Crippen molar-refractivity contribution in [1.82, 2.24) is 0 Å². The number of nitro groups is 1. The summed E-state index contributed by atoms with van der Waals surface area (Å²) in [5.74, 6) is -0.962. The molecule has 6 nitrogen and oxygen atoms in total. The predicted octanol–water partition coefficient (Wildman–Crippen LogP) is 1.27. The number of ketones is 1. The Morgan fingerprint density at radius 3 is 2.65 bits per heavy atom. The topological polar surface area (TPSA) is 94.3 Å². The molecule has 92 valence electrons. The molecule has 1 aliphatic heterocycles. The van der Waals surface area contributed by atoms with Crippen LogP contribution in [-0.4, -0.2) is 30.6 Å². The quantitative estimate of drug-likeness (QED) is 0.470. The Morgan fingerprint density at radius 2 is 2.18 bits per heavy atom. The fourth-order valence-corrected chi connectivity index (χ4v) is 4.34. The molecule has 0 radical (unpaired) electrons. The Labute approximate surface area is 101 Å². The first-order chi connectivity index (χ1) is 7.89. The number of sulfone groups is 1. The van der Waals surface area contributed by atoms with Crippen LogP contribution in [0.1, 0.15) is 16.1 Å². The van der Waals surface area contributed by atoms with Gasteiger partial charge in [0.05, 0.1) is 21.3 Å². The van der Waals surface area contributed by atoms with E-state index in [1.165, 1.54) is 12.1 Å². The van der Waals surface area contributed by atoms with E-state index in [4.69, 9.17) is 0 Å². The first-order valence-corrected chi connectivity index (χ1v) is 7.52. The molecule has 0 saturated carbocycles. The molecule has 2 rings (SSSR count). The van der Waals surface area contributed by atoms with Crippen LogP contribution in [0.25, 0.3) is 0 Å². The Morgan fingerprint density at radius 1 is 1.47 bits per heavy atom. The minimum absolute atomic E-state index is 0.0247. The smallest absolute Gasteiger partial charge is 0.293 e. The fraction of sp³-hybridized carbons (Fsp3) is 0.444. The number of Topliss-reactive ketones (excluding diaryl/α,β-unsaturated/α-hetero) is 1. The van der Waals surface area contributed by atoms with E-state index in [0.29, 0.717) is 6.42 Å². The summed E-state index contributed by atoms with van der Waals surface area (Å²) in [6, 6.07) is 2.65. The summed E-state index contributed by atoms with van der Waals surface area (Å²) in [6.07, 6.45) is 0.312. The summed E-state index contributed by atoms with van der Waals surface area (Å²) in [5.41, 5.74) is 0. The van der Waals surface area contributed by atoms with Gasteiger partial charge in [-0.2, -0.15) is 0 Å². The average Bonchev–Trinajstić information content (AvgIpc) is 2.83. The van der Waals surface area contributed by atoms with Gasteiger partial charge >= 0.3 is 5.00 Å². The zero-order valence-electron chi connectivity index (χ0n) is 8.66.